The number of fused-ring (bicyclic) bond motifs is 3. The number of imidazole rings is 1. The van der Waals surface area contributed by atoms with E-state index < -0.39 is 0 Å². The van der Waals surface area contributed by atoms with Gasteiger partial charge in [0, 0.05) is 15.7 Å². The molecule has 5 rings (SSSR count). The standard InChI is InChI=1S/C21H20BrN3/c22-16-7-3-13(4-8-16)14-5-9-17-15(12-14)6-10-18-20(17)25-21(24-18)19-2-1-11-23-19/h3-5,7-9,12,19,23H,1-2,6,10-11H2,(H,24,25)/t19-/m0/s1. The lowest BCUT2D eigenvalue weighted by Gasteiger charge is -2.16. The Balaban J connectivity index is 1.52. The molecule has 1 saturated heterocycles. The van der Waals surface area contributed by atoms with Crippen molar-refractivity contribution in [1.29, 1.82) is 0 Å². The number of rotatable bonds is 2. The van der Waals surface area contributed by atoms with Gasteiger partial charge in [0.25, 0.3) is 0 Å². The number of hydrogen-bond acceptors (Lipinski definition) is 2. The minimum Gasteiger partial charge on any atom is -0.344 e. The third-order valence-corrected chi connectivity index (χ3v) is 5.90. The van der Waals surface area contributed by atoms with E-state index in [-0.39, 0.29) is 0 Å². The first-order valence-corrected chi connectivity index (χ1v) is 9.78. The molecule has 1 atom stereocenters. The second-order valence-electron chi connectivity index (χ2n) is 6.98. The van der Waals surface area contributed by atoms with Gasteiger partial charge in [0.15, 0.2) is 0 Å². The molecule has 2 N–H and O–H groups in total. The van der Waals surface area contributed by atoms with Gasteiger partial charge in [-0.1, -0.05) is 46.3 Å². The zero-order valence-electron chi connectivity index (χ0n) is 14.0. The maximum Gasteiger partial charge on any atom is 0.124 e. The van der Waals surface area contributed by atoms with Crippen LogP contribution < -0.4 is 5.32 Å². The van der Waals surface area contributed by atoms with Crippen LogP contribution in [-0.2, 0) is 12.8 Å². The number of aryl methyl sites for hydroxylation is 2. The van der Waals surface area contributed by atoms with Gasteiger partial charge in [-0.2, -0.15) is 0 Å². The fourth-order valence-electron chi connectivity index (χ4n) is 4.03. The number of nitrogens with zero attached hydrogens (tertiary/aromatic N) is 1. The summed E-state index contributed by atoms with van der Waals surface area (Å²) in [7, 11) is 0. The van der Waals surface area contributed by atoms with Crippen LogP contribution in [0.1, 0.15) is 36.0 Å². The highest BCUT2D eigenvalue weighted by atomic mass is 79.9. The van der Waals surface area contributed by atoms with Crippen molar-refractivity contribution in [2.45, 2.75) is 31.7 Å². The number of aromatic amines is 1. The van der Waals surface area contributed by atoms with Gasteiger partial charge in [0.05, 0.1) is 11.7 Å². The van der Waals surface area contributed by atoms with Crippen LogP contribution in [0.25, 0.3) is 22.4 Å². The Hall–Kier alpha value is -1.91. The van der Waals surface area contributed by atoms with E-state index in [0.29, 0.717) is 6.04 Å². The van der Waals surface area contributed by atoms with Crippen LogP contribution in [0.3, 0.4) is 0 Å². The largest absolute Gasteiger partial charge is 0.344 e. The fraction of sp³-hybridized carbons (Fsp3) is 0.286. The lowest BCUT2D eigenvalue weighted by molar-refractivity contribution is 0.611. The summed E-state index contributed by atoms with van der Waals surface area (Å²) in [5, 5.41) is 3.54. The molecule has 2 aliphatic rings. The predicted octanol–water partition coefficient (Wildman–Crippen LogP) is 5.03. The summed E-state index contributed by atoms with van der Waals surface area (Å²) in [5.74, 6) is 1.12. The van der Waals surface area contributed by atoms with Gasteiger partial charge in [-0.25, -0.2) is 4.98 Å². The van der Waals surface area contributed by atoms with Crippen LogP contribution in [-0.4, -0.2) is 16.5 Å². The molecule has 1 aliphatic carbocycles. The summed E-state index contributed by atoms with van der Waals surface area (Å²) < 4.78 is 1.11. The van der Waals surface area contributed by atoms with Gasteiger partial charge in [0.1, 0.15) is 5.82 Å². The first kappa shape index (κ1) is 15.4. The van der Waals surface area contributed by atoms with E-state index in [9.17, 15) is 0 Å². The molecule has 126 valence electrons. The van der Waals surface area contributed by atoms with E-state index in [4.69, 9.17) is 4.98 Å². The first-order valence-electron chi connectivity index (χ1n) is 8.99. The van der Waals surface area contributed by atoms with E-state index in [0.717, 1.165) is 35.4 Å². The zero-order chi connectivity index (χ0) is 16.8. The quantitative estimate of drug-likeness (QED) is 0.640. The normalized spacial score (nSPS) is 18.8. The van der Waals surface area contributed by atoms with Crippen LogP contribution in [0.4, 0.5) is 0 Å². The molecule has 3 aromatic rings. The van der Waals surface area contributed by atoms with E-state index in [1.165, 1.54) is 40.8 Å². The molecule has 0 bridgehead atoms. The lowest BCUT2D eigenvalue weighted by Crippen LogP contribution is -2.14. The molecule has 2 aromatic carbocycles. The third-order valence-electron chi connectivity index (χ3n) is 5.37. The van der Waals surface area contributed by atoms with E-state index in [2.05, 4.69) is 68.7 Å². The van der Waals surface area contributed by atoms with Gasteiger partial charge < -0.3 is 10.3 Å². The number of nitrogens with one attached hydrogen (secondary N) is 2. The molecule has 0 amide bonds. The molecule has 25 heavy (non-hydrogen) atoms. The van der Waals surface area contributed by atoms with Crippen molar-refractivity contribution >= 4 is 15.9 Å². The maximum absolute atomic E-state index is 4.96. The Morgan fingerprint density at radius 1 is 1.00 bits per heavy atom. The molecular formula is C21H20BrN3. The predicted molar refractivity (Wildman–Crippen MR) is 105 cm³/mol. The van der Waals surface area contributed by atoms with Gasteiger partial charge in [-0.3, -0.25) is 0 Å². The molecule has 0 spiro atoms. The van der Waals surface area contributed by atoms with Crippen molar-refractivity contribution in [3.05, 3.63) is 64.0 Å². The smallest absolute Gasteiger partial charge is 0.124 e. The third kappa shape index (κ3) is 2.74. The number of hydrogen-bond donors (Lipinski definition) is 2. The molecule has 0 radical (unpaired) electrons. The minimum absolute atomic E-state index is 0.399. The summed E-state index contributed by atoms with van der Waals surface area (Å²) in [4.78, 5) is 8.55. The maximum atomic E-state index is 4.96. The number of aromatic nitrogens is 2. The average molecular weight is 394 g/mol. The van der Waals surface area contributed by atoms with Crippen LogP contribution in [0.5, 0.6) is 0 Å². The van der Waals surface area contributed by atoms with Crippen molar-refractivity contribution in [2.24, 2.45) is 0 Å². The number of benzene rings is 2. The Morgan fingerprint density at radius 3 is 2.64 bits per heavy atom. The summed E-state index contributed by atoms with van der Waals surface area (Å²) in [6.07, 6.45) is 4.54. The van der Waals surface area contributed by atoms with E-state index in [1.807, 2.05) is 0 Å². The summed E-state index contributed by atoms with van der Waals surface area (Å²) >= 11 is 3.51. The molecule has 1 aromatic heterocycles. The second kappa shape index (κ2) is 6.11. The Labute approximate surface area is 156 Å². The fourth-order valence-corrected chi connectivity index (χ4v) is 4.29. The van der Waals surface area contributed by atoms with Crippen LogP contribution in [0, 0.1) is 0 Å². The number of H-pyrrole nitrogens is 1. The monoisotopic (exact) mass is 393 g/mol. The first-order chi connectivity index (χ1) is 12.3. The SMILES string of the molecule is Brc1ccc(-c2ccc3c(c2)CCc2[nH]c([C@@H]4CCCN4)nc2-3)cc1. The second-order valence-corrected chi connectivity index (χ2v) is 7.89. The summed E-state index contributed by atoms with van der Waals surface area (Å²) in [6, 6.07) is 15.7. The highest BCUT2D eigenvalue weighted by Crippen LogP contribution is 2.36. The zero-order valence-corrected chi connectivity index (χ0v) is 15.6. The Kier molecular flexibility index (Phi) is 3.75. The molecule has 2 heterocycles. The minimum atomic E-state index is 0.399. The van der Waals surface area contributed by atoms with E-state index in [1.54, 1.807) is 0 Å². The Bertz CT molecular complexity index is 921. The van der Waals surface area contributed by atoms with Crippen molar-refractivity contribution < 1.29 is 0 Å². The topological polar surface area (TPSA) is 40.7 Å². The average Bonchev–Trinajstić information content (AvgIpc) is 3.31. The number of halogens is 1. The van der Waals surface area contributed by atoms with Crippen molar-refractivity contribution in [1.82, 2.24) is 15.3 Å². The van der Waals surface area contributed by atoms with Gasteiger partial charge in [0.2, 0.25) is 0 Å². The summed E-state index contributed by atoms with van der Waals surface area (Å²) in [6.45, 7) is 1.10. The molecular weight excluding hydrogens is 374 g/mol. The molecule has 4 heteroatoms. The van der Waals surface area contributed by atoms with Gasteiger partial charge in [-0.15, -0.1) is 0 Å². The van der Waals surface area contributed by atoms with E-state index >= 15 is 0 Å². The van der Waals surface area contributed by atoms with Gasteiger partial charge >= 0.3 is 0 Å². The van der Waals surface area contributed by atoms with Crippen molar-refractivity contribution in [3.8, 4) is 22.4 Å². The molecule has 3 nitrogen and oxygen atoms in total. The highest BCUT2D eigenvalue weighted by molar-refractivity contribution is 9.10. The molecule has 1 aliphatic heterocycles. The highest BCUT2D eigenvalue weighted by Gasteiger charge is 2.25. The summed E-state index contributed by atoms with van der Waals surface area (Å²) in [5.41, 5.74) is 7.70. The van der Waals surface area contributed by atoms with Crippen molar-refractivity contribution in [2.75, 3.05) is 6.54 Å². The van der Waals surface area contributed by atoms with Crippen LogP contribution >= 0.6 is 15.9 Å². The van der Waals surface area contributed by atoms with Gasteiger partial charge in [-0.05, 0) is 61.1 Å². The molecule has 0 unspecified atom stereocenters. The lowest BCUT2D eigenvalue weighted by atomic mass is 9.89. The molecule has 1 fully saturated rings. The van der Waals surface area contributed by atoms with Crippen LogP contribution in [0.2, 0.25) is 0 Å². The Morgan fingerprint density at radius 2 is 1.84 bits per heavy atom. The van der Waals surface area contributed by atoms with Crippen LogP contribution in [0.15, 0.2) is 46.9 Å². The van der Waals surface area contributed by atoms with Crippen molar-refractivity contribution in [3.63, 3.8) is 0 Å². The molecule has 0 saturated carbocycles.